The van der Waals surface area contributed by atoms with Gasteiger partial charge in [-0.3, -0.25) is 5.10 Å². The van der Waals surface area contributed by atoms with Gasteiger partial charge < -0.3 is 5.32 Å². The highest BCUT2D eigenvalue weighted by molar-refractivity contribution is 5.85. The number of nitrogens with one attached hydrogen (secondary N) is 2. The SMILES string of the molecule is Cl.Cl.c1cc([C@H]2CCNC2)[nH]n1. The molecule has 1 aromatic rings. The van der Waals surface area contributed by atoms with Crippen molar-refractivity contribution in [1.82, 2.24) is 15.5 Å². The standard InChI is InChI=1S/C7H11N3.2ClH/c1-3-8-5-6(1)7-2-4-9-10-7;;/h2,4,6,8H,1,3,5H2,(H,9,10);2*1H/t6-;;/m0../s1. The molecule has 0 aliphatic carbocycles. The minimum atomic E-state index is 0. The number of aromatic amines is 1. The second-order valence-electron chi connectivity index (χ2n) is 2.70. The normalized spacial score (nSPS) is 21.2. The zero-order valence-corrected chi connectivity index (χ0v) is 8.25. The van der Waals surface area contributed by atoms with Gasteiger partial charge in [0.1, 0.15) is 0 Å². The lowest BCUT2D eigenvalue weighted by atomic mass is 10.1. The van der Waals surface area contributed by atoms with E-state index in [0.717, 1.165) is 13.1 Å². The summed E-state index contributed by atoms with van der Waals surface area (Å²) in [5.74, 6) is 0.669. The quantitative estimate of drug-likeness (QED) is 0.734. The predicted molar refractivity (Wildman–Crippen MR) is 53.3 cm³/mol. The van der Waals surface area contributed by atoms with Gasteiger partial charge in [-0.25, -0.2) is 0 Å². The van der Waals surface area contributed by atoms with Crippen LogP contribution in [0.5, 0.6) is 0 Å². The Balaban J connectivity index is 0.000000605. The molecule has 0 spiro atoms. The van der Waals surface area contributed by atoms with E-state index in [9.17, 15) is 0 Å². The molecule has 0 bridgehead atoms. The van der Waals surface area contributed by atoms with E-state index in [4.69, 9.17) is 0 Å². The average molecular weight is 210 g/mol. The van der Waals surface area contributed by atoms with Crippen molar-refractivity contribution in [2.24, 2.45) is 0 Å². The van der Waals surface area contributed by atoms with E-state index in [1.165, 1.54) is 12.1 Å². The van der Waals surface area contributed by atoms with Crippen molar-refractivity contribution < 1.29 is 0 Å². The van der Waals surface area contributed by atoms with Crippen molar-refractivity contribution in [2.45, 2.75) is 12.3 Å². The van der Waals surface area contributed by atoms with Crippen LogP contribution in [0.25, 0.3) is 0 Å². The number of H-pyrrole nitrogens is 1. The Morgan fingerprint density at radius 1 is 1.42 bits per heavy atom. The molecule has 70 valence electrons. The number of hydrogen-bond acceptors (Lipinski definition) is 2. The summed E-state index contributed by atoms with van der Waals surface area (Å²) in [4.78, 5) is 0. The van der Waals surface area contributed by atoms with Crippen LogP contribution in [-0.4, -0.2) is 23.3 Å². The van der Waals surface area contributed by atoms with Crippen molar-refractivity contribution in [3.05, 3.63) is 18.0 Å². The molecule has 0 unspecified atom stereocenters. The molecule has 1 saturated heterocycles. The first-order valence-electron chi connectivity index (χ1n) is 3.67. The fraction of sp³-hybridized carbons (Fsp3) is 0.571. The lowest BCUT2D eigenvalue weighted by molar-refractivity contribution is 0.729. The number of rotatable bonds is 1. The first-order chi connectivity index (χ1) is 4.97. The van der Waals surface area contributed by atoms with E-state index in [-0.39, 0.29) is 24.8 Å². The van der Waals surface area contributed by atoms with E-state index >= 15 is 0 Å². The summed E-state index contributed by atoms with van der Waals surface area (Å²) in [5, 5.41) is 10.2. The summed E-state index contributed by atoms with van der Waals surface area (Å²) in [5.41, 5.74) is 1.27. The van der Waals surface area contributed by atoms with Crippen LogP contribution >= 0.6 is 24.8 Å². The minimum absolute atomic E-state index is 0. The van der Waals surface area contributed by atoms with Crippen LogP contribution in [0.3, 0.4) is 0 Å². The molecule has 3 nitrogen and oxygen atoms in total. The van der Waals surface area contributed by atoms with E-state index in [2.05, 4.69) is 21.6 Å². The Bertz CT molecular complexity index is 194. The van der Waals surface area contributed by atoms with E-state index in [1.54, 1.807) is 0 Å². The van der Waals surface area contributed by atoms with Gasteiger partial charge in [-0.2, -0.15) is 5.10 Å². The average Bonchev–Trinajstić information content (AvgIpc) is 2.59. The highest BCUT2D eigenvalue weighted by Crippen LogP contribution is 2.18. The molecular weight excluding hydrogens is 197 g/mol. The number of hydrogen-bond donors (Lipinski definition) is 2. The number of aromatic nitrogens is 2. The Morgan fingerprint density at radius 3 is 2.75 bits per heavy atom. The van der Waals surface area contributed by atoms with Gasteiger partial charge in [-0.1, -0.05) is 0 Å². The van der Waals surface area contributed by atoms with Gasteiger partial charge in [0.05, 0.1) is 0 Å². The van der Waals surface area contributed by atoms with Crippen molar-refractivity contribution in [2.75, 3.05) is 13.1 Å². The molecule has 1 atom stereocenters. The van der Waals surface area contributed by atoms with Crippen molar-refractivity contribution in [3.8, 4) is 0 Å². The molecule has 1 aliphatic heterocycles. The summed E-state index contributed by atoms with van der Waals surface area (Å²) < 4.78 is 0. The van der Waals surface area contributed by atoms with Gasteiger partial charge >= 0.3 is 0 Å². The van der Waals surface area contributed by atoms with Crippen LogP contribution in [0.4, 0.5) is 0 Å². The molecule has 1 aliphatic rings. The maximum Gasteiger partial charge on any atom is 0.0490 e. The Labute approximate surface area is 84.1 Å². The molecule has 2 heterocycles. The molecular formula is C7H13Cl2N3. The Hall–Kier alpha value is -0.250. The minimum Gasteiger partial charge on any atom is -0.316 e. The second kappa shape index (κ2) is 5.41. The molecule has 2 N–H and O–H groups in total. The number of nitrogens with zero attached hydrogens (tertiary/aromatic N) is 1. The third kappa shape index (κ3) is 2.37. The van der Waals surface area contributed by atoms with Gasteiger partial charge in [0.25, 0.3) is 0 Å². The smallest absolute Gasteiger partial charge is 0.0490 e. The largest absolute Gasteiger partial charge is 0.316 e. The van der Waals surface area contributed by atoms with Gasteiger partial charge in [-0.15, -0.1) is 24.8 Å². The molecule has 2 rings (SSSR count). The Morgan fingerprint density at radius 2 is 2.25 bits per heavy atom. The molecule has 0 saturated carbocycles. The molecule has 12 heavy (non-hydrogen) atoms. The lowest BCUT2D eigenvalue weighted by Crippen LogP contribution is -2.08. The highest BCUT2D eigenvalue weighted by Gasteiger charge is 2.16. The first-order valence-corrected chi connectivity index (χ1v) is 3.67. The summed E-state index contributed by atoms with van der Waals surface area (Å²) >= 11 is 0. The zero-order valence-electron chi connectivity index (χ0n) is 6.62. The summed E-state index contributed by atoms with van der Waals surface area (Å²) in [6.07, 6.45) is 3.05. The molecule has 1 aromatic heterocycles. The van der Waals surface area contributed by atoms with Crippen LogP contribution in [0.1, 0.15) is 18.0 Å². The van der Waals surface area contributed by atoms with Gasteiger partial charge in [0.2, 0.25) is 0 Å². The molecule has 0 aromatic carbocycles. The maximum absolute atomic E-state index is 3.91. The first kappa shape index (κ1) is 11.8. The van der Waals surface area contributed by atoms with Crippen LogP contribution in [0.2, 0.25) is 0 Å². The van der Waals surface area contributed by atoms with E-state index in [0.29, 0.717) is 5.92 Å². The summed E-state index contributed by atoms with van der Waals surface area (Å²) in [6.45, 7) is 2.24. The summed E-state index contributed by atoms with van der Waals surface area (Å²) in [7, 11) is 0. The van der Waals surface area contributed by atoms with Gasteiger partial charge in [-0.05, 0) is 19.0 Å². The molecule has 0 radical (unpaired) electrons. The topological polar surface area (TPSA) is 40.7 Å². The van der Waals surface area contributed by atoms with Crippen molar-refractivity contribution in [1.29, 1.82) is 0 Å². The Kier molecular flexibility index (Phi) is 5.29. The molecule has 0 amide bonds. The van der Waals surface area contributed by atoms with E-state index < -0.39 is 0 Å². The van der Waals surface area contributed by atoms with Crippen LogP contribution < -0.4 is 5.32 Å². The third-order valence-corrected chi connectivity index (χ3v) is 2.02. The van der Waals surface area contributed by atoms with Crippen LogP contribution in [0, 0.1) is 0 Å². The van der Waals surface area contributed by atoms with Crippen LogP contribution in [0.15, 0.2) is 12.3 Å². The maximum atomic E-state index is 3.91. The molecule has 1 fully saturated rings. The van der Waals surface area contributed by atoms with E-state index in [1.807, 2.05) is 6.20 Å². The zero-order chi connectivity index (χ0) is 6.81. The molecule has 5 heteroatoms. The fourth-order valence-corrected chi connectivity index (χ4v) is 1.41. The third-order valence-electron chi connectivity index (χ3n) is 2.02. The fourth-order valence-electron chi connectivity index (χ4n) is 1.41. The highest BCUT2D eigenvalue weighted by atomic mass is 35.5. The van der Waals surface area contributed by atoms with Crippen LogP contribution in [-0.2, 0) is 0 Å². The van der Waals surface area contributed by atoms with Gasteiger partial charge in [0, 0.05) is 24.4 Å². The predicted octanol–water partition coefficient (Wildman–Crippen LogP) is 1.33. The van der Waals surface area contributed by atoms with Crippen molar-refractivity contribution >= 4 is 24.8 Å². The monoisotopic (exact) mass is 209 g/mol. The number of halogens is 2. The van der Waals surface area contributed by atoms with Crippen molar-refractivity contribution in [3.63, 3.8) is 0 Å². The second-order valence-corrected chi connectivity index (χ2v) is 2.70. The summed E-state index contributed by atoms with van der Waals surface area (Å²) in [6, 6.07) is 2.05. The van der Waals surface area contributed by atoms with Gasteiger partial charge in [0.15, 0.2) is 0 Å². The lowest BCUT2D eigenvalue weighted by Gasteiger charge is -2.02.